The molecular formula is C4H6FNSi. The van der Waals surface area contributed by atoms with E-state index >= 15 is 0 Å². The van der Waals surface area contributed by atoms with E-state index in [2.05, 4.69) is 0 Å². The highest BCUT2D eigenvalue weighted by molar-refractivity contribution is 6.06. The van der Waals surface area contributed by atoms with Gasteiger partial charge in [0.25, 0.3) is 0 Å². The fourth-order valence-electron chi connectivity index (χ4n) is 0.469. The first kappa shape index (κ1) is 4.58. The monoisotopic (exact) mass is 115 g/mol. The lowest BCUT2D eigenvalue weighted by Crippen LogP contribution is -1.81. The van der Waals surface area contributed by atoms with Crippen molar-refractivity contribution in [1.82, 2.24) is 4.23 Å². The van der Waals surface area contributed by atoms with Crippen LogP contribution < -0.4 is 0 Å². The van der Waals surface area contributed by atoms with Crippen LogP contribution in [-0.2, 0) is 0 Å². The Hall–Kier alpha value is -0.573. The molecule has 3 heteroatoms. The van der Waals surface area contributed by atoms with Gasteiger partial charge < -0.3 is 4.23 Å². The zero-order valence-electron chi connectivity index (χ0n) is 4.06. The van der Waals surface area contributed by atoms with Gasteiger partial charge in [0.1, 0.15) is 16.2 Å². The summed E-state index contributed by atoms with van der Waals surface area (Å²) in [5, 5.41) is 0. The molecule has 0 bridgehead atoms. The number of hydrogen-bond acceptors (Lipinski definition) is 0. The van der Waals surface area contributed by atoms with Gasteiger partial charge in [-0.3, -0.25) is 0 Å². The van der Waals surface area contributed by atoms with Gasteiger partial charge in [0.05, 0.1) is 0 Å². The van der Waals surface area contributed by atoms with Crippen molar-refractivity contribution in [3.8, 4) is 0 Å². The third-order valence-electron chi connectivity index (χ3n) is 0.796. The zero-order chi connectivity index (χ0) is 5.28. The lowest BCUT2D eigenvalue weighted by molar-refractivity contribution is 0.629. The Bertz CT molecular complexity index is 144. The van der Waals surface area contributed by atoms with Crippen molar-refractivity contribution in [3.63, 3.8) is 0 Å². The second-order valence-electron chi connectivity index (χ2n) is 1.50. The third kappa shape index (κ3) is 0.897. The van der Waals surface area contributed by atoms with E-state index in [0.717, 1.165) is 10.4 Å². The number of nitrogens with zero attached hydrogens (tertiary/aromatic N) is 1. The fourth-order valence-corrected chi connectivity index (χ4v) is 0.865. The highest BCUT2D eigenvalue weighted by Gasteiger charge is 1.84. The quantitative estimate of drug-likeness (QED) is 0.411. The summed E-state index contributed by atoms with van der Waals surface area (Å²) < 4.78 is 13.7. The molecule has 1 nitrogen and oxygen atoms in total. The molecule has 0 unspecified atom stereocenters. The maximum atomic E-state index is 11.9. The highest BCUT2D eigenvalue weighted by atomic mass is 28.2. The summed E-state index contributed by atoms with van der Waals surface area (Å²) in [5.41, 5.74) is 0. The average Bonchev–Trinajstić information content (AvgIpc) is 1.87. The predicted molar refractivity (Wildman–Crippen MR) is 29.7 cm³/mol. The van der Waals surface area contributed by atoms with E-state index in [4.69, 9.17) is 0 Å². The minimum atomic E-state index is -0.144. The predicted octanol–water partition coefficient (Wildman–Crippen LogP) is -0.244. The highest BCUT2D eigenvalue weighted by Crippen LogP contribution is 1.92. The number of rotatable bonds is 0. The van der Waals surface area contributed by atoms with E-state index in [1.54, 1.807) is 10.4 Å². The van der Waals surface area contributed by atoms with Crippen molar-refractivity contribution >= 4 is 10.4 Å². The van der Waals surface area contributed by atoms with E-state index in [9.17, 15) is 4.39 Å². The smallest absolute Gasteiger partial charge is 0.139 e. The van der Waals surface area contributed by atoms with Crippen molar-refractivity contribution < 1.29 is 4.39 Å². The molecule has 1 rings (SSSR count). The summed E-state index contributed by atoms with van der Waals surface area (Å²) in [6.45, 7) is 0. The first-order valence-corrected chi connectivity index (χ1v) is 2.96. The summed E-state index contributed by atoms with van der Waals surface area (Å²) in [6, 6.07) is 1.45. The molecular weight excluding hydrogens is 109 g/mol. The standard InChI is InChI=1S/C4H6FNSi/c5-4-1-2-6(7)3-4/h1-3H,7H3. The molecule has 0 aromatic carbocycles. The van der Waals surface area contributed by atoms with Crippen LogP contribution in [0, 0.1) is 5.82 Å². The van der Waals surface area contributed by atoms with Crippen LogP contribution in [-0.4, -0.2) is 14.6 Å². The molecule has 0 radical (unpaired) electrons. The first-order chi connectivity index (χ1) is 3.29. The molecule has 0 aliphatic heterocycles. The maximum Gasteiger partial charge on any atom is 0.139 e. The molecule has 1 heterocycles. The molecule has 1 aromatic rings. The van der Waals surface area contributed by atoms with Crippen LogP contribution in [0.1, 0.15) is 0 Å². The van der Waals surface area contributed by atoms with Crippen LogP contribution in [0.2, 0.25) is 0 Å². The lowest BCUT2D eigenvalue weighted by atomic mass is 10.6. The SMILES string of the molecule is Fc1ccn([SiH3])c1. The van der Waals surface area contributed by atoms with E-state index in [0.29, 0.717) is 0 Å². The Morgan fingerprint density at radius 3 is 2.57 bits per heavy atom. The van der Waals surface area contributed by atoms with Gasteiger partial charge in [-0.1, -0.05) is 0 Å². The Labute approximate surface area is 44.3 Å². The van der Waals surface area contributed by atoms with Crippen LogP contribution in [0.25, 0.3) is 0 Å². The second kappa shape index (κ2) is 1.50. The Balaban J connectivity index is 3.04. The summed E-state index contributed by atoms with van der Waals surface area (Å²) in [7, 11) is 0.871. The van der Waals surface area contributed by atoms with Crippen molar-refractivity contribution in [3.05, 3.63) is 24.3 Å². The number of halogens is 1. The minimum absolute atomic E-state index is 0.144. The maximum absolute atomic E-state index is 11.9. The van der Waals surface area contributed by atoms with Gasteiger partial charge in [0, 0.05) is 6.20 Å². The molecule has 0 aliphatic carbocycles. The topological polar surface area (TPSA) is 4.93 Å². The van der Waals surface area contributed by atoms with Crippen LogP contribution in [0.5, 0.6) is 0 Å². The van der Waals surface area contributed by atoms with E-state index in [1.807, 2.05) is 0 Å². The molecule has 38 valence electrons. The van der Waals surface area contributed by atoms with Crippen LogP contribution in [0.4, 0.5) is 4.39 Å². The summed E-state index contributed by atoms with van der Waals surface area (Å²) >= 11 is 0. The molecule has 0 N–H and O–H groups in total. The Morgan fingerprint density at radius 1 is 1.71 bits per heavy atom. The van der Waals surface area contributed by atoms with Crippen LogP contribution in [0.3, 0.4) is 0 Å². The molecule has 7 heavy (non-hydrogen) atoms. The summed E-state index contributed by atoms with van der Waals surface area (Å²) in [5.74, 6) is -0.144. The van der Waals surface area contributed by atoms with Crippen LogP contribution in [0.15, 0.2) is 18.5 Å². The van der Waals surface area contributed by atoms with Crippen molar-refractivity contribution in [2.75, 3.05) is 0 Å². The largest absolute Gasteiger partial charge is 0.387 e. The van der Waals surface area contributed by atoms with Crippen molar-refractivity contribution in [1.29, 1.82) is 0 Å². The second-order valence-corrected chi connectivity index (χ2v) is 2.53. The average molecular weight is 115 g/mol. The van der Waals surface area contributed by atoms with Crippen molar-refractivity contribution in [2.24, 2.45) is 0 Å². The normalized spacial score (nSPS) is 9.86. The Kier molecular flexibility index (Phi) is 0.980. The van der Waals surface area contributed by atoms with E-state index in [1.165, 1.54) is 12.3 Å². The van der Waals surface area contributed by atoms with Gasteiger partial charge in [-0.25, -0.2) is 4.39 Å². The molecule has 0 amide bonds. The lowest BCUT2D eigenvalue weighted by Gasteiger charge is -1.79. The van der Waals surface area contributed by atoms with Gasteiger partial charge in [0.2, 0.25) is 0 Å². The molecule has 0 saturated carbocycles. The van der Waals surface area contributed by atoms with Gasteiger partial charge >= 0.3 is 0 Å². The number of hydrogen-bond donors (Lipinski definition) is 0. The number of aromatic nitrogens is 1. The Morgan fingerprint density at radius 2 is 2.43 bits per heavy atom. The summed E-state index contributed by atoms with van der Waals surface area (Å²) in [4.78, 5) is 0. The fraction of sp³-hybridized carbons (Fsp3) is 0. The molecule has 0 spiro atoms. The van der Waals surface area contributed by atoms with Gasteiger partial charge in [-0.15, -0.1) is 0 Å². The molecule has 0 atom stereocenters. The first-order valence-electron chi connectivity index (χ1n) is 2.06. The third-order valence-corrected chi connectivity index (χ3v) is 1.35. The van der Waals surface area contributed by atoms with Gasteiger partial charge in [-0.2, -0.15) is 0 Å². The molecule has 1 aromatic heterocycles. The minimum Gasteiger partial charge on any atom is -0.387 e. The van der Waals surface area contributed by atoms with Gasteiger partial charge in [0.15, 0.2) is 0 Å². The van der Waals surface area contributed by atoms with Crippen molar-refractivity contribution in [2.45, 2.75) is 0 Å². The van der Waals surface area contributed by atoms with Gasteiger partial charge in [-0.05, 0) is 12.3 Å². The van der Waals surface area contributed by atoms with Crippen LogP contribution >= 0.6 is 0 Å². The molecule has 0 fully saturated rings. The van der Waals surface area contributed by atoms with E-state index < -0.39 is 0 Å². The molecule has 0 saturated heterocycles. The van der Waals surface area contributed by atoms with E-state index in [-0.39, 0.29) is 5.82 Å². The zero-order valence-corrected chi connectivity index (χ0v) is 6.06. The molecule has 0 aliphatic rings. The summed E-state index contributed by atoms with van der Waals surface area (Å²) in [6.07, 6.45) is 3.20.